The zero-order valence-electron chi connectivity index (χ0n) is 12.2. The lowest BCUT2D eigenvalue weighted by Crippen LogP contribution is -2.39. The molecule has 126 valence electrons. The number of nitro groups is 1. The molecule has 0 aromatic heterocycles. The Morgan fingerprint density at radius 2 is 2.00 bits per heavy atom. The number of thioether (sulfide) groups is 1. The van der Waals surface area contributed by atoms with Gasteiger partial charge < -0.3 is 0 Å². The molecule has 0 spiro atoms. The molecule has 0 saturated carbocycles. The molecule has 2 aliphatic heterocycles. The Hall–Kier alpha value is -1.78. The molecular weight excluding hydrogens is 372 g/mol. The second-order valence-corrected chi connectivity index (χ2v) is 9.36. The smallest absolute Gasteiger partial charge is 0.269 e. The number of nitrogens with zero attached hydrogens (tertiary/aromatic N) is 2. The van der Waals surface area contributed by atoms with E-state index >= 15 is 0 Å². The van der Waals surface area contributed by atoms with Gasteiger partial charge in [-0.1, -0.05) is 24.0 Å². The van der Waals surface area contributed by atoms with Crippen LogP contribution < -0.4 is 0 Å². The first-order chi connectivity index (χ1) is 11.3. The van der Waals surface area contributed by atoms with Gasteiger partial charge in [0, 0.05) is 12.1 Å². The largest absolute Gasteiger partial charge is 0.289 e. The summed E-state index contributed by atoms with van der Waals surface area (Å²) in [6.45, 7) is 0. The van der Waals surface area contributed by atoms with E-state index in [0.29, 0.717) is 21.2 Å². The van der Waals surface area contributed by atoms with Crippen LogP contribution in [0.25, 0.3) is 6.08 Å². The number of amides is 1. The topological polar surface area (TPSA) is 97.6 Å². The van der Waals surface area contributed by atoms with Gasteiger partial charge in [0.1, 0.15) is 4.32 Å². The molecule has 2 aliphatic rings. The van der Waals surface area contributed by atoms with Crippen molar-refractivity contribution in [3.8, 4) is 0 Å². The summed E-state index contributed by atoms with van der Waals surface area (Å²) in [5.74, 6) is -0.314. The van der Waals surface area contributed by atoms with Crippen molar-refractivity contribution in [3.05, 3.63) is 44.8 Å². The Labute approximate surface area is 147 Å². The predicted octanol–water partition coefficient (Wildman–Crippen LogP) is 1.98. The number of sulfone groups is 1. The molecule has 1 amide bonds. The number of non-ortho nitro benzene ring substituents is 1. The predicted molar refractivity (Wildman–Crippen MR) is 95.2 cm³/mol. The van der Waals surface area contributed by atoms with Gasteiger partial charge in [0.25, 0.3) is 11.6 Å². The molecule has 0 radical (unpaired) electrons. The summed E-state index contributed by atoms with van der Waals surface area (Å²) < 4.78 is 23.6. The summed E-state index contributed by atoms with van der Waals surface area (Å²) in [5, 5.41) is 10.7. The van der Waals surface area contributed by atoms with Crippen molar-refractivity contribution in [2.45, 2.75) is 12.5 Å². The van der Waals surface area contributed by atoms with Crippen LogP contribution in [0.3, 0.4) is 0 Å². The summed E-state index contributed by atoms with van der Waals surface area (Å²) >= 11 is 6.33. The van der Waals surface area contributed by atoms with E-state index in [-0.39, 0.29) is 23.1 Å². The van der Waals surface area contributed by atoms with Gasteiger partial charge >= 0.3 is 0 Å². The van der Waals surface area contributed by atoms with Crippen molar-refractivity contribution < 1.29 is 18.1 Å². The van der Waals surface area contributed by atoms with Crippen LogP contribution in [-0.2, 0) is 14.6 Å². The van der Waals surface area contributed by atoms with Gasteiger partial charge in [0.15, 0.2) is 9.84 Å². The fourth-order valence-corrected chi connectivity index (χ4v) is 5.72. The van der Waals surface area contributed by atoms with Gasteiger partial charge in [-0.3, -0.25) is 19.8 Å². The zero-order valence-corrected chi connectivity index (χ0v) is 14.7. The van der Waals surface area contributed by atoms with Gasteiger partial charge in [0.2, 0.25) is 0 Å². The molecule has 0 N–H and O–H groups in total. The number of carbonyl (C=O) groups is 1. The van der Waals surface area contributed by atoms with E-state index in [2.05, 4.69) is 0 Å². The Bertz CT molecular complexity index is 861. The second kappa shape index (κ2) is 6.26. The number of thiocarbonyl (C=S) groups is 1. The van der Waals surface area contributed by atoms with Crippen molar-refractivity contribution >= 4 is 55.8 Å². The van der Waals surface area contributed by atoms with Gasteiger partial charge in [-0.2, -0.15) is 0 Å². The van der Waals surface area contributed by atoms with Crippen LogP contribution in [0.5, 0.6) is 0 Å². The third-order valence-corrected chi connectivity index (χ3v) is 6.88. The van der Waals surface area contributed by atoms with Gasteiger partial charge in [-0.25, -0.2) is 8.42 Å². The molecular formula is C14H12N2O5S3. The van der Waals surface area contributed by atoms with Crippen molar-refractivity contribution in [3.63, 3.8) is 0 Å². The van der Waals surface area contributed by atoms with Crippen LogP contribution in [-0.4, -0.2) is 46.0 Å². The average Bonchev–Trinajstić information content (AvgIpc) is 2.99. The molecule has 1 atom stereocenters. The molecule has 10 heteroatoms. The number of nitro benzene ring substituents is 1. The highest BCUT2D eigenvalue weighted by molar-refractivity contribution is 8.26. The minimum atomic E-state index is -3.12. The van der Waals surface area contributed by atoms with Gasteiger partial charge in [0.05, 0.1) is 27.4 Å². The first kappa shape index (κ1) is 17.1. The fourth-order valence-electron chi connectivity index (χ4n) is 2.62. The minimum Gasteiger partial charge on any atom is -0.289 e. The highest BCUT2D eigenvalue weighted by Gasteiger charge is 2.42. The quantitative estimate of drug-likeness (QED) is 0.340. The Balaban J connectivity index is 1.82. The van der Waals surface area contributed by atoms with E-state index in [1.807, 2.05) is 0 Å². The van der Waals surface area contributed by atoms with Gasteiger partial charge in [-0.05, 0) is 30.2 Å². The normalized spacial score (nSPS) is 24.8. The van der Waals surface area contributed by atoms with Crippen molar-refractivity contribution in [1.82, 2.24) is 4.90 Å². The van der Waals surface area contributed by atoms with Crippen molar-refractivity contribution in [2.75, 3.05) is 11.5 Å². The molecule has 0 unspecified atom stereocenters. The van der Waals surface area contributed by atoms with E-state index < -0.39 is 20.8 Å². The summed E-state index contributed by atoms with van der Waals surface area (Å²) in [6.07, 6.45) is 1.99. The number of hydrogen-bond donors (Lipinski definition) is 0. The molecule has 2 heterocycles. The standard InChI is InChI=1S/C14H12N2O5S3/c17-13-12(7-9-1-3-10(4-2-9)16(18)19)23-14(22)15(13)11-5-6-24(20,21)8-11/h1-4,7,11H,5-6,8H2/b12-7-/t11-/m1/s1. The lowest BCUT2D eigenvalue weighted by Gasteiger charge is -2.20. The zero-order chi connectivity index (χ0) is 17.5. The fraction of sp³-hybridized carbons (Fsp3) is 0.286. The highest BCUT2D eigenvalue weighted by Crippen LogP contribution is 2.36. The van der Waals surface area contributed by atoms with E-state index in [0.717, 1.165) is 11.8 Å². The van der Waals surface area contributed by atoms with E-state index in [1.165, 1.54) is 17.0 Å². The maximum absolute atomic E-state index is 12.5. The molecule has 3 rings (SSSR count). The van der Waals surface area contributed by atoms with Crippen LogP contribution in [0.2, 0.25) is 0 Å². The molecule has 1 aromatic rings. The van der Waals surface area contributed by atoms with Crippen molar-refractivity contribution in [1.29, 1.82) is 0 Å². The van der Waals surface area contributed by atoms with Crippen LogP contribution >= 0.6 is 24.0 Å². The monoisotopic (exact) mass is 384 g/mol. The van der Waals surface area contributed by atoms with Crippen molar-refractivity contribution in [2.24, 2.45) is 0 Å². The van der Waals surface area contributed by atoms with Crippen LogP contribution in [0.1, 0.15) is 12.0 Å². The number of benzene rings is 1. The molecule has 7 nitrogen and oxygen atoms in total. The first-order valence-electron chi connectivity index (χ1n) is 6.99. The molecule has 0 bridgehead atoms. The minimum absolute atomic E-state index is 0.0316. The maximum Gasteiger partial charge on any atom is 0.269 e. The second-order valence-electron chi connectivity index (χ2n) is 5.46. The summed E-state index contributed by atoms with van der Waals surface area (Å²) in [5.41, 5.74) is 0.607. The lowest BCUT2D eigenvalue weighted by atomic mass is 10.2. The number of rotatable bonds is 3. The van der Waals surface area contributed by atoms with Crippen LogP contribution in [0.4, 0.5) is 5.69 Å². The highest BCUT2D eigenvalue weighted by atomic mass is 32.2. The van der Waals surface area contributed by atoms with Gasteiger partial charge in [-0.15, -0.1) is 0 Å². The molecule has 1 aromatic carbocycles. The third kappa shape index (κ3) is 3.35. The molecule has 0 aliphatic carbocycles. The van der Waals surface area contributed by atoms with E-state index in [4.69, 9.17) is 12.2 Å². The average molecular weight is 384 g/mol. The lowest BCUT2D eigenvalue weighted by molar-refractivity contribution is -0.384. The Morgan fingerprint density at radius 3 is 2.54 bits per heavy atom. The number of hydrogen-bond acceptors (Lipinski definition) is 7. The Kier molecular flexibility index (Phi) is 4.45. The van der Waals surface area contributed by atoms with E-state index in [9.17, 15) is 23.3 Å². The SMILES string of the molecule is O=C1/C(=C/c2ccc([N+](=O)[O-])cc2)SC(=S)N1[C@@H]1CCS(=O)(=O)C1. The molecule has 2 saturated heterocycles. The summed E-state index contributed by atoms with van der Waals surface area (Å²) in [7, 11) is -3.12. The number of carbonyl (C=O) groups excluding carboxylic acids is 1. The van der Waals surface area contributed by atoms with Crippen LogP contribution in [0.15, 0.2) is 29.2 Å². The first-order valence-corrected chi connectivity index (χ1v) is 10.0. The Morgan fingerprint density at radius 1 is 1.33 bits per heavy atom. The third-order valence-electron chi connectivity index (χ3n) is 3.80. The molecule has 24 heavy (non-hydrogen) atoms. The van der Waals surface area contributed by atoms with E-state index in [1.54, 1.807) is 18.2 Å². The summed E-state index contributed by atoms with van der Waals surface area (Å²) in [6, 6.07) is 5.40. The van der Waals surface area contributed by atoms with Crippen LogP contribution in [0, 0.1) is 10.1 Å². The molecule has 2 fully saturated rings. The summed E-state index contributed by atoms with van der Waals surface area (Å²) in [4.78, 5) is 24.5. The maximum atomic E-state index is 12.5.